The third-order valence-corrected chi connectivity index (χ3v) is 4.77. The second-order valence-electron chi connectivity index (χ2n) is 6.51. The van der Waals surface area contributed by atoms with Gasteiger partial charge in [-0.1, -0.05) is 20.8 Å². The molecule has 1 nitrogen and oxygen atoms in total. The molecule has 0 aromatic heterocycles. The molecule has 1 saturated carbocycles. The minimum atomic E-state index is 0.851. The largest absolute Gasteiger partial charge is 0.316 e. The Morgan fingerprint density at radius 2 is 2.00 bits per heavy atom. The van der Waals surface area contributed by atoms with Gasteiger partial charge in [-0.3, -0.25) is 0 Å². The van der Waals surface area contributed by atoms with E-state index < -0.39 is 0 Å². The Bertz CT molecular complexity index is 284. The Morgan fingerprint density at radius 3 is 2.63 bits per heavy atom. The molecule has 0 amide bonds. The number of hydrogen-bond acceptors (Lipinski definition) is 1. The molecule has 0 spiro atoms. The molecule has 0 aliphatic heterocycles. The third-order valence-electron chi connectivity index (χ3n) is 4.77. The highest BCUT2D eigenvalue weighted by Crippen LogP contribution is 2.39. The summed E-state index contributed by atoms with van der Waals surface area (Å²) in [5.41, 5.74) is 0. The lowest BCUT2D eigenvalue weighted by molar-refractivity contribution is 0.139. The SMILES string of the molecule is CC#CCCC1CC(C(C)C)CCC1CNCCC. The van der Waals surface area contributed by atoms with Gasteiger partial charge in [0.25, 0.3) is 0 Å². The molecule has 1 aliphatic carbocycles. The smallest absolute Gasteiger partial charge is 0.00913 e. The maximum Gasteiger partial charge on any atom is 0.00913 e. The standard InChI is InChI=1S/C18H33N/c1-5-7-8-9-17-13-16(15(3)4)10-11-18(17)14-19-12-6-2/h15-19H,6,8-14H2,1-4H3. The van der Waals surface area contributed by atoms with Gasteiger partial charge in [-0.25, -0.2) is 0 Å². The van der Waals surface area contributed by atoms with Gasteiger partial charge < -0.3 is 5.32 Å². The van der Waals surface area contributed by atoms with Crippen LogP contribution in [0.25, 0.3) is 0 Å². The van der Waals surface area contributed by atoms with Crippen molar-refractivity contribution in [3.8, 4) is 11.8 Å². The fourth-order valence-electron chi connectivity index (χ4n) is 3.44. The maximum atomic E-state index is 3.63. The Morgan fingerprint density at radius 1 is 1.21 bits per heavy atom. The van der Waals surface area contributed by atoms with Crippen LogP contribution in [0.5, 0.6) is 0 Å². The van der Waals surface area contributed by atoms with Crippen LogP contribution < -0.4 is 5.32 Å². The summed E-state index contributed by atoms with van der Waals surface area (Å²) in [6.45, 7) is 11.4. The van der Waals surface area contributed by atoms with Crippen LogP contribution in [0, 0.1) is 35.5 Å². The van der Waals surface area contributed by atoms with Crippen LogP contribution in [0.4, 0.5) is 0 Å². The zero-order valence-electron chi connectivity index (χ0n) is 13.5. The van der Waals surface area contributed by atoms with E-state index in [0.29, 0.717) is 0 Å². The summed E-state index contributed by atoms with van der Waals surface area (Å²) < 4.78 is 0. The van der Waals surface area contributed by atoms with Crippen molar-refractivity contribution in [1.82, 2.24) is 5.32 Å². The Kier molecular flexibility index (Phi) is 8.22. The van der Waals surface area contributed by atoms with Crippen molar-refractivity contribution in [3.05, 3.63) is 0 Å². The summed E-state index contributed by atoms with van der Waals surface area (Å²) in [4.78, 5) is 0. The van der Waals surface area contributed by atoms with E-state index in [1.54, 1.807) is 0 Å². The Labute approximate surface area is 120 Å². The Balaban J connectivity index is 2.48. The zero-order valence-corrected chi connectivity index (χ0v) is 13.5. The van der Waals surface area contributed by atoms with E-state index in [2.05, 4.69) is 37.9 Å². The summed E-state index contributed by atoms with van der Waals surface area (Å²) in [6.07, 6.45) is 7.93. The van der Waals surface area contributed by atoms with Gasteiger partial charge in [0.2, 0.25) is 0 Å². The van der Waals surface area contributed by atoms with Crippen LogP contribution >= 0.6 is 0 Å². The van der Waals surface area contributed by atoms with Gasteiger partial charge >= 0.3 is 0 Å². The molecule has 3 atom stereocenters. The van der Waals surface area contributed by atoms with E-state index in [0.717, 1.165) is 30.1 Å². The predicted octanol–water partition coefficient (Wildman–Crippen LogP) is 4.48. The van der Waals surface area contributed by atoms with Gasteiger partial charge in [0, 0.05) is 6.42 Å². The normalized spacial score (nSPS) is 27.1. The van der Waals surface area contributed by atoms with Gasteiger partial charge in [-0.15, -0.1) is 11.8 Å². The molecule has 3 unspecified atom stereocenters. The van der Waals surface area contributed by atoms with Crippen molar-refractivity contribution in [3.63, 3.8) is 0 Å². The fraction of sp³-hybridized carbons (Fsp3) is 0.889. The van der Waals surface area contributed by atoms with Crippen molar-refractivity contribution in [2.24, 2.45) is 23.7 Å². The van der Waals surface area contributed by atoms with E-state index in [9.17, 15) is 0 Å². The van der Waals surface area contributed by atoms with Crippen LogP contribution in [0.2, 0.25) is 0 Å². The van der Waals surface area contributed by atoms with Crippen molar-refractivity contribution in [1.29, 1.82) is 0 Å². The topological polar surface area (TPSA) is 12.0 Å². The van der Waals surface area contributed by atoms with Crippen LogP contribution in [0.3, 0.4) is 0 Å². The molecule has 1 fully saturated rings. The van der Waals surface area contributed by atoms with Crippen LogP contribution in [-0.4, -0.2) is 13.1 Å². The quantitative estimate of drug-likeness (QED) is 0.527. The second kappa shape index (κ2) is 9.43. The number of rotatable bonds is 7. The van der Waals surface area contributed by atoms with Gasteiger partial charge in [0.15, 0.2) is 0 Å². The minimum absolute atomic E-state index is 0.851. The van der Waals surface area contributed by atoms with Crippen molar-refractivity contribution in [2.75, 3.05) is 13.1 Å². The molecule has 0 aromatic carbocycles. The van der Waals surface area contributed by atoms with Gasteiger partial charge in [-0.2, -0.15) is 0 Å². The first-order chi connectivity index (χ1) is 9.19. The van der Waals surface area contributed by atoms with Gasteiger partial charge in [0.1, 0.15) is 0 Å². The van der Waals surface area contributed by atoms with Crippen molar-refractivity contribution in [2.45, 2.75) is 66.2 Å². The highest BCUT2D eigenvalue weighted by Gasteiger charge is 2.30. The molecule has 19 heavy (non-hydrogen) atoms. The summed E-state index contributed by atoms with van der Waals surface area (Å²) in [6, 6.07) is 0. The van der Waals surface area contributed by atoms with Gasteiger partial charge in [-0.05, 0) is 75.8 Å². The minimum Gasteiger partial charge on any atom is -0.316 e. The van der Waals surface area contributed by atoms with Crippen molar-refractivity contribution < 1.29 is 0 Å². The number of hydrogen-bond donors (Lipinski definition) is 1. The Hall–Kier alpha value is -0.480. The maximum absolute atomic E-state index is 3.63. The van der Waals surface area contributed by atoms with E-state index in [1.165, 1.54) is 45.2 Å². The second-order valence-corrected chi connectivity index (χ2v) is 6.51. The molecule has 1 rings (SSSR count). The third kappa shape index (κ3) is 6.00. The monoisotopic (exact) mass is 263 g/mol. The highest BCUT2D eigenvalue weighted by atomic mass is 14.9. The molecular formula is C18H33N. The summed E-state index contributed by atoms with van der Waals surface area (Å²) >= 11 is 0. The highest BCUT2D eigenvalue weighted by molar-refractivity contribution is 4.96. The lowest BCUT2D eigenvalue weighted by Gasteiger charge is -2.38. The van der Waals surface area contributed by atoms with E-state index in [1.807, 2.05) is 6.92 Å². The molecule has 0 heterocycles. The summed E-state index contributed by atoms with van der Waals surface area (Å²) in [5.74, 6) is 9.88. The van der Waals surface area contributed by atoms with E-state index >= 15 is 0 Å². The predicted molar refractivity (Wildman–Crippen MR) is 85.0 cm³/mol. The lowest BCUT2D eigenvalue weighted by Crippen LogP contribution is -2.34. The molecule has 0 saturated heterocycles. The number of nitrogens with one attached hydrogen (secondary N) is 1. The molecule has 0 radical (unpaired) electrons. The molecular weight excluding hydrogens is 230 g/mol. The first-order valence-electron chi connectivity index (χ1n) is 8.29. The fourth-order valence-corrected chi connectivity index (χ4v) is 3.44. The van der Waals surface area contributed by atoms with Crippen LogP contribution in [0.1, 0.15) is 66.2 Å². The van der Waals surface area contributed by atoms with Crippen LogP contribution in [0.15, 0.2) is 0 Å². The molecule has 1 aliphatic rings. The van der Waals surface area contributed by atoms with Crippen molar-refractivity contribution >= 4 is 0 Å². The van der Waals surface area contributed by atoms with E-state index in [4.69, 9.17) is 0 Å². The van der Waals surface area contributed by atoms with Gasteiger partial charge in [0.05, 0.1) is 0 Å². The molecule has 110 valence electrons. The first kappa shape index (κ1) is 16.6. The van der Waals surface area contributed by atoms with Crippen LogP contribution in [-0.2, 0) is 0 Å². The first-order valence-corrected chi connectivity index (χ1v) is 8.29. The molecule has 1 heteroatoms. The molecule has 0 bridgehead atoms. The zero-order chi connectivity index (χ0) is 14.1. The summed E-state index contributed by atoms with van der Waals surface area (Å²) in [5, 5.41) is 3.63. The van der Waals surface area contributed by atoms with E-state index in [-0.39, 0.29) is 0 Å². The average Bonchev–Trinajstić information content (AvgIpc) is 2.40. The molecule has 1 N–H and O–H groups in total. The lowest BCUT2D eigenvalue weighted by atomic mass is 9.69. The summed E-state index contributed by atoms with van der Waals surface area (Å²) in [7, 11) is 0. The average molecular weight is 263 g/mol. The molecule has 0 aromatic rings.